The van der Waals surface area contributed by atoms with Crippen LogP contribution < -0.4 is 10.1 Å². The van der Waals surface area contributed by atoms with Gasteiger partial charge in [0.05, 0.1) is 19.4 Å². The molecule has 2 N–H and O–H groups in total. The van der Waals surface area contributed by atoms with E-state index in [-0.39, 0.29) is 6.04 Å². The maximum Gasteiger partial charge on any atom is 0.141 e. The van der Waals surface area contributed by atoms with Crippen LogP contribution in [0, 0.1) is 5.82 Å². The van der Waals surface area contributed by atoms with Crippen molar-refractivity contribution in [3.63, 3.8) is 0 Å². The SMILES string of the molecule is COc1ccc(C[C@@H]2CC[C@H]([C@H](O)c3cncc(F)c3)N2)cc1. The Hall–Kier alpha value is -1.98. The number of rotatable bonds is 5. The Bertz CT molecular complexity index is 648. The Morgan fingerprint density at radius 2 is 2.09 bits per heavy atom. The summed E-state index contributed by atoms with van der Waals surface area (Å²) in [6.07, 6.45) is 4.67. The van der Waals surface area contributed by atoms with E-state index in [1.54, 1.807) is 7.11 Å². The lowest BCUT2D eigenvalue weighted by Gasteiger charge is -2.20. The fourth-order valence-corrected chi connectivity index (χ4v) is 3.13. The normalized spacial score (nSPS) is 22.0. The molecule has 0 unspecified atom stereocenters. The van der Waals surface area contributed by atoms with Gasteiger partial charge >= 0.3 is 0 Å². The van der Waals surface area contributed by atoms with E-state index in [9.17, 15) is 9.50 Å². The molecule has 1 aromatic heterocycles. The van der Waals surface area contributed by atoms with Gasteiger partial charge in [-0.2, -0.15) is 0 Å². The summed E-state index contributed by atoms with van der Waals surface area (Å²) < 4.78 is 18.4. The number of ether oxygens (including phenoxy) is 1. The van der Waals surface area contributed by atoms with E-state index in [2.05, 4.69) is 22.4 Å². The summed E-state index contributed by atoms with van der Waals surface area (Å²) in [6.45, 7) is 0. The van der Waals surface area contributed by atoms with Gasteiger partial charge in [-0.25, -0.2) is 4.39 Å². The minimum atomic E-state index is -0.737. The highest BCUT2D eigenvalue weighted by atomic mass is 19.1. The van der Waals surface area contributed by atoms with E-state index >= 15 is 0 Å². The molecule has 1 aromatic carbocycles. The molecule has 0 bridgehead atoms. The van der Waals surface area contributed by atoms with Crippen molar-refractivity contribution >= 4 is 0 Å². The average Bonchev–Trinajstić information content (AvgIpc) is 3.03. The molecule has 0 amide bonds. The van der Waals surface area contributed by atoms with Crippen LogP contribution in [0.2, 0.25) is 0 Å². The van der Waals surface area contributed by atoms with Crippen LogP contribution in [-0.4, -0.2) is 29.3 Å². The van der Waals surface area contributed by atoms with Crippen molar-refractivity contribution in [2.45, 2.75) is 37.5 Å². The van der Waals surface area contributed by atoms with Crippen molar-refractivity contribution in [3.8, 4) is 5.75 Å². The maximum absolute atomic E-state index is 13.2. The molecule has 3 rings (SSSR count). The molecule has 122 valence electrons. The summed E-state index contributed by atoms with van der Waals surface area (Å²) in [5.74, 6) is 0.425. The van der Waals surface area contributed by atoms with Gasteiger partial charge in [0, 0.05) is 23.8 Å². The Labute approximate surface area is 135 Å². The number of aromatic nitrogens is 1. The molecule has 23 heavy (non-hydrogen) atoms. The number of benzene rings is 1. The van der Waals surface area contributed by atoms with Crippen LogP contribution in [0.5, 0.6) is 5.75 Å². The van der Waals surface area contributed by atoms with Gasteiger partial charge < -0.3 is 15.2 Å². The van der Waals surface area contributed by atoms with Crippen molar-refractivity contribution < 1.29 is 14.2 Å². The minimum absolute atomic E-state index is 0.0677. The number of aliphatic hydroxyl groups excluding tert-OH is 1. The Balaban J connectivity index is 1.59. The molecule has 1 aliphatic heterocycles. The molecule has 3 atom stereocenters. The van der Waals surface area contributed by atoms with E-state index in [1.807, 2.05) is 12.1 Å². The highest BCUT2D eigenvalue weighted by Gasteiger charge is 2.30. The van der Waals surface area contributed by atoms with Gasteiger partial charge in [-0.3, -0.25) is 4.98 Å². The summed E-state index contributed by atoms with van der Waals surface area (Å²) in [5.41, 5.74) is 1.75. The monoisotopic (exact) mass is 316 g/mol. The van der Waals surface area contributed by atoms with Gasteiger partial charge in [0.2, 0.25) is 0 Å². The third-order valence-electron chi connectivity index (χ3n) is 4.37. The number of hydrogen-bond donors (Lipinski definition) is 2. The molecule has 0 spiro atoms. The zero-order valence-electron chi connectivity index (χ0n) is 13.1. The highest BCUT2D eigenvalue weighted by molar-refractivity contribution is 5.28. The molecular weight excluding hydrogens is 295 g/mol. The zero-order valence-corrected chi connectivity index (χ0v) is 13.1. The van der Waals surface area contributed by atoms with Crippen molar-refractivity contribution in [1.29, 1.82) is 0 Å². The third kappa shape index (κ3) is 3.86. The topological polar surface area (TPSA) is 54.4 Å². The second-order valence-electron chi connectivity index (χ2n) is 5.98. The predicted octanol–water partition coefficient (Wildman–Crippen LogP) is 2.63. The minimum Gasteiger partial charge on any atom is -0.497 e. The molecule has 5 heteroatoms. The highest BCUT2D eigenvalue weighted by Crippen LogP contribution is 2.27. The molecular formula is C18H21FN2O2. The van der Waals surface area contributed by atoms with E-state index in [4.69, 9.17) is 4.74 Å². The van der Waals surface area contributed by atoms with Crippen LogP contribution in [0.4, 0.5) is 4.39 Å². The van der Waals surface area contributed by atoms with Crippen LogP contribution in [0.1, 0.15) is 30.1 Å². The Kier molecular flexibility index (Phi) is 4.88. The molecule has 0 saturated carbocycles. The van der Waals surface area contributed by atoms with Gasteiger partial charge in [-0.05, 0) is 43.0 Å². The van der Waals surface area contributed by atoms with Gasteiger partial charge in [0.15, 0.2) is 0 Å². The summed E-state index contributed by atoms with van der Waals surface area (Å²) in [6, 6.07) is 9.60. The first-order chi connectivity index (χ1) is 11.2. The second-order valence-corrected chi connectivity index (χ2v) is 5.98. The van der Waals surface area contributed by atoms with E-state index in [1.165, 1.54) is 17.8 Å². The summed E-state index contributed by atoms with van der Waals surface area (Å²) >= 11 is 0. The molecule has 2 aromatic rings. The molecule has 1 aliphatic rings. The first-order valence-electron chi connectivity index (χ1n) is 7.83. The lowest BCUT2D eigenvalue weighted by atomic mass is 10.0. The fraction of sp³-hybridized carbons (Fsp3) is 0.389. The number of pyridine rings is 1. The lowest BCUT2D eigenvalue weighted by molar-refractivity contribution is 0.134. The maximum atomic E-state index is 13.2. The van der Waals surface area contributed by atoms with Gasteiger partial charge in [-0.1, -0.05) is 12.1 Å². The van der Waals surface area contributed by atoms with Gasteiger partial charge in [0.1, 0.15) is 11.6 Å². The standard InChI is InChI=1S/C18H21FN2O2/c1-23-16-5-2-12(3-6-16)8-15-4-7-17(21-15)18(22)13-9-14(19)11-20-10-13/h2-3,5-6,9-11,15,17-18,21-22H,4,7-8H2,1H3/t15-,17+,18+/m0/s1. The van der Waals surface area contributed by atoms with Crippen LogP contribution in [0.3, 0.4) is 0 Å². The van der Waals surface area contributed by atoms with Crippen molar-refractivity contribution in [2.75, 3.05) is 7.11 Å². The average molecular weight is 316 g/mol. The Morgan fingerprint density at radius 1 is 1.30 bits per heavy atom. The lowest BCUT2D eigenvalue weighted by Crippen LogP contribution is -2.35. The molecule has 0 radical (unpaired) electrons. The van der Waals surface area contributed by atoms with Gasteiger partial charge in [-0.15, -0.1) is 0 Å². The van der Waals surface area contributed by atoms with Crippen molar-refractivity contribution in [1.82, 2.24) is 10.3 Å². The number of aliphatic hydroxyl groups is 1. The quantitative estimate of drug-likeness (QED) is 0.890. The van der Waals surface area contributed by atoms with Crippen molar-refractivity contribution in [2.24, 2.45) is 0 Å². The number of nitrogens with one attached hydrogen (secondary N) is 1. The van der Waals surface area contributed by atoms with Crippen LogP contribution >= 0.6 is 0 Å². The molecule has 4 nitrogen and oxygen atoms in total. The van der Waals surface area contributed by atoms with Crippen LogP contribution in [0.15, 0.2) is 42.7 Å². The number of hydrogen-bond acceptors (Lipinski definition) is 4. The largest absolute Gasteiger partial charge is 0.497 e. The smallest absolute Gasteiger partial charge is 0.141 e. The molecule has 0 aliphatic carbocycles. The first-order valence-corrected chi connectivity index (χ1v) is 7.83. The Morgan fingerprint density at radius 3 is 2.78 bits per heavy atom. The summed E-state index contributed by atoms with van der Waals surface area (Å²) in [7, 11) is 1.65. The number of halogens is 1. The molecule has 2 heterocycles. The summed E-state index contributed by atoms with van der Waals surface area (Å²) in [4.78, 5) is 3.81. The predicted molar refractivity (Wildman–Crippen MR) is 85.8 cm³/mol. The second kappa shape index (κ2) is 7.06. The molecule has 1 fully saturated rings. The third-order valence-corrected chi connectivity index (χ3v) is 4.37. The van der Waals surface area contributed by atoms with Gasteiger partial charge in [0.25, 0.3) is 0 Å². The van der Waals surface area contributed by atoms with Crippen molar-refractivity contribution in [3.05, 3.63) is 59.7 Å². The van der Waals surface area contributed by atoms with E-state index < -0.39 is 11.9 Å². The fourth-order valence-electron chi connectivity index (χ4n) is 3.13. The zero-order chi connectivity index (χ0) is 16.2. The summed E-state index contributed by atoms with van der Waals surface area (Å²) in [5, 5.41) is 13.9. The molecule has 1 saturated heterocycles. The van der Waals surface area contributed by atoms with Crippen LogP contribution in [0.25, 0.3) is 0 Å². The number of methoxy groups -OCH3 is 1. The number of nitrogens with zero attached hydrogens (tertiary/aromatic N) is 1. The first kappa shape index (κ1) is 15.9. The van der Waals surface area contributed by atoms with E-state index in [0.717, 1.165) is 31.2 Å². The van der Waals surface area contributed by atoms with Crippen LogP contribution in [-0.2, 0) is 6.42 Å². The van der Waals surface area contributed by atoms with E-state index in [0.29, 0.717) is 11.6 Å².